The molecule has 0 atom stereocenters. The summed E-state index contributed by atoms with van der Waals surface area (Å²) in [6, 6.07) is 16.0. The molecule has 3 N–H and O–H groups in total. The van der Waals surface area contributed by atoms with Gasteiger partial charge < -0.3 is 20.1 Å². The Kier molecular flexibility index (Phi) is 3.49. The number of fused-ring (bicyclic) bond motifs is 2. The van der Waals surface area contributed by atoms with E-state index in [1.165, 1.54) is 19.2 Å². The molecule has 0 fully saturated rings. The predicted octanol–water partition coefficient (Wildman–Crippen LogP) is 2.94. The first-order valence-electron chi connectivity index (χ1n) is 8.05. The van der Waals surface area contributed by atoms with E-state index < -0.39 is 11.4 Å². The van der Waals surface area contributed by atoms with Gasteiger partial charge in [0.15, 0.2) is 0 Å². The number of carbonyl (C=O) groups is 1. The van der Waals surface area contributed by atoms with E-state index in [0.717, 1.165) is 0 Å². The molecule has 0 aliphatic heterocycles. The fraction of sp³-hybridized carbons (Fsp3) is 0.0952. The normalized spacial score (nSPS) is 14.5. The largest absolute Gasteiger partial charge is 0.507 e. The van der Waals surface area contributed by atoms with Gasteiger partial charge in [-0.2, -0.15) is 0 Å². The van der Waals surface area contributed by atoms with Crippen LogP contribution in [0.2, 0.25) is 0 Å². The zero-order chi connectivity index (χ0) is 18.5. The number of ketones is 1. The average Bonchev–Trinajstić information content (AvgIpc) is 2.65. The zero-order valence-corrected chi connectivity index (χ0v) is 13.9. The quantitative estimate of drug-likeness (QED) is 0.663. The summed E-state index contributed by atoms with van der Waals surface area (Å²) in [5.74, 6) is -0.622. The number of para-hydroxylation sites is 1. The van der Waals surface area contributed by atoms with Crippen LogP contribution in [0.15, 0.2) is 60.7 Å². The van der Waals surface area contributed by atoms with Crippen LogP contribution in [0.1, 0.15) is 32.6 Å². The van der Waals surface area contributed by atoms with Crippen LogP contribution < -0.4 is 4.74 Å². The number of phenols is 2. The maximum atomic E-state index is 13.0. The molecule has 3 aromatic rings. The van der Waals surface area contributed by atoms with Crippen molar-refractivity contribution in [3.63, 3.8) is 0 Å². The molecule has 0 bridgehead atoms. The van der Waals surface area contributed by atoms with Gasteiger partial charge in [0, 0.05) is 16.7 Å². The molecular formula is C21H16O5. The number of phenolic OH excluding ortho intramolecular Hbond substituents is 2. The van der Waals surface area contributed by atoms with Crippen LogP contribution >= 0.6 is 0 Å². The van der Waals surface area contributed by atoms with Gasteiger partial charge in [0.05, 0.1) is 18.2 Å². The first kappa shape index (κ1) is 16.2. The van der Waals surface area contributed by atoms with Crippen LogP contribution in [-0.2, 0) is 5.60 Å². The second-order valence-electron chi connectivity index (χ2n) is 6.14. The summed E-state index contributed by atoms with van der Waals surface area (Å²) in [4.78, 5) is 13.0. The first-order valence-corrected chi connectivity index (χ1v) is 8.05. The Hall–Kier alpha value is -3.31. The molecule has 0 aromatic heterocycles. The SMILES string of the molecule is COc1ccccc1C1(O)c2cccc(O)c2C(=O)c2c(O)cccc21. The fourth-order valence-corrected chi connectivity index (χ4v) is 3.66. The number of hydrogen-bond acceptors (Lipinski definition) is 5. The lowest BCUT2D eigenvalue weighted by Gasteiger charge is -2.37. The van der Waals surface area contributed by atoms with Crippen LogP contribution in [-0.4, -0.2) is 28.2 Å². The van der Waals surface area contributed by atoms with Gasteiger partial charge in [-0.3, -0.25) is 4.79 Å². The number of ether oxygens (including phenoxy) is 1. The zero-order valence-electron chi connectivity index (χ0n) is 13.9. The first-order chi connectivity index (χ1) is 12.5. The maximum Gasteiger partial charge on any atom is 0.201 e. The van der Waals surface area contributed by atoms with Gasteiger partial charge in [0.2, 0.25) is 5.78 Å². The summed E-state index contributed by atoms with van der Waals surface area (Å²) in [6.07, 6.45) is 0. The van der Waals surface area contributed by atoms with E-state index in [-0.39, 0.29) is 33.8 Å². The van der Waals surface area contributed by atoms with Crippen molar-refractivity contribution >= 4 is 5.78 Å². The molecule has 5 heteroatoms. The Labute approximate surface area is 149 Å². The van der Waals surface area contributed by atoms with E-state index in [1.54, 1.807) is 48.5 Å². The molecule has 0 heterocycles. The molecule has 26 heavy (non-hydrogen) atoms. The van der Waals surface area contributed by atoms with E-state index in [4.69, 9.17) is 4.74 Å². The van der Waals surface area contributed by atoms with Crippen molar-refractivity contribution in [3.05, 3.63) is 88.5 Å². The van der Waals surface area contributed by atoms with Crippen LogP contribution in [0, 0.1) is 0 Å². The van der Waals surface area contributed by atoms with Gasteiger partial charge in [-0.25, -0.2) is 0 Å². The summed E-state index contributed by atoms with van der Waals surface area (Å²) in [7, 11) is 1.49. The summed E-state index contributed by atoms with van der Waals surface area (Å²) in [6.45, 7) is 0. The summed E-state index contributed by atoms with van der Waals surface area (Å²) in [5, 5.41) is 32.5. The number of hydrogen-bond donors (Lipinski definition) is 3. The lowest BCUT2D eigenvalue weighted by molar-refractivity contribution is 0.0932. The van der Waals surface area contributed by atoms with Gasteiger partial charge in [0.1, 0.15) is 22.8 Å². The lowest BCUT2D eigenvalue weighted by Crippen LogP contribution is -2.37. The van der Waals surface area contributed by atoms with Crippen molar-refractivity contribution in [3.8, 4) is 17.2 Å². The summed E-state index contributed by atoms with van der Waals surface area (Å²) in [5.41, 5.74) is -0.948. The molecule has 0 spiro atoms. The molecule has 0 unspecified atom stereocenters. The maximum absolute atomic E-state index is 13.0. The van der Waals surface area contributed by atoms with E-state index in [9.17, 15) is 20.1 Å². The van der Waals surface area contributed by atoms with Gasteiger partial charge in [-0.15, -0.1) is 0 Å². The Morgan fingerprint density at radius 3 is 1.81 bits per heavy atom. The van der Waals surface area contributed by atoms with Crippen LogP contribution in [0.3, 0.4) is 0 Å². The van der Waals surface area contributed by atoms with Crippen molar-refractivity contribution in [2.24, 2.45) is 0 Å². The Balaban J connectivity index is 2.18. The van der Waals surface area contributed by atoms with E-state index in [0.29, 0.717) is 11.3 Å². The van der Waals surface area contributed by atoms with E-state index in [1.807, 2.05) is 0 Å². The van der Waals surface area contributed by atoms with E-state index >= 15 is 0 Å². The predicted molar refractivity (Wildman–Crippen MR) is 94.7 cm³/mol. The smallest absolute Gasteiger partial charge is 0.201 e. The number of aliphatic hydroxyl groups is 1. The third-order valence-electron chi connectivity index (χ3n) is 4.82. The van der Waals surface area contributed by atoms with Gasteiger partial charge >= 0.3 is 0 Å². The Morgan fingerprint density at radius 2 is 1.27 bits per heavy atom. The second-order valence-corrected chi connectivity index (χ2v) is 6.14. The minimum absolute atomic E-state index is 0.0325. The molecular weight excluding hydrogens is 332 g/mol. The molecule has 1 aliphatic rings. The highest BCUT2D eigenvalue weighted by Gasteiger charge is 2.47. The van der Waals surface area contributed by atoms with Gasteiger partial charge in [0.25, 0.3) is 0 Å². The summed E-state index contributed by atoms with van der Waals surface area (Å²) >= 11 is 0. The average molecular weight is 348 g/mol. The third-order valence-corrected chi connectivity index (χ3v) is 4.82. The highest BCUT2D eigenvalue weighted by molar-refractivity contribution is 6.16. The molecule has 3 aromatic carbocycles. The number of carbonyl (C=O) groups excluding carboxylic acids is 1. The van der Waals surface area contributed by atoms with Crippen LogP contribution in [0.4, 0.5) is 0 Å². The number of benzene rings is 3. The van der Waals surface area contributed by atoms with Gasteiger partial charge in [-0.1, -0.05) is 42.5 Å². The monoisotopic (exact) mass is 348 g/mol. The molecule has 0 amide bonds. The summed E-state index contributed by atoms with van der Waals surface area (Å²) < 4.78 is 5.41. The standard InChI is InChI=1S/C21H16O5/c1-26-17-11-3-2-6-12(17)21(25)13-7-4-9-15(22)18(13)20(24)19-14(21)8-5-10-16(19)23/h2-11,22-23,25H,1H3. The molecule has 5 nitrogen and oxygen atoms in total. The highest BCUT2D eigenvalue weighted by Crippen LogP contribution is 2.50. The second kappa shape index (κ2) is 5.61. The molecule has 130 valence electrons. The van der Waals surface area contributed by atoms with Crippen molar-refractivity contribution < 1.29 is 24.9 Å². The lowest BCUT2D eigenvalue weighted by atomic mass is 9.70. The minimum Gasteiger partial charge on any atom is -0.507 e. The fourth-order valence-electron chi connectivity index (χ4n) is 3.66. The Morgan fingerprint density at radius 1 is 0.769 bits per heavy atom. The minimum atomic E-state index is -1.78. The molecule has 0 saturated heterocycles. The third kappa shape index (κ3) is 1.98. The molecule has 0 radical (unpaired) electrons. The number of rotatable bonds is 2. The number of methoxy groups -OCH3 is 1. The number of aromatic hydroxyl groups is 2. The van der Waals surface area contributed by atoms with Crippen LogP contribution in [0.25, 0.3) is 0 Å². The van der Waals surface area contributed by atoms with Crippen molar-refractivity contribution in [2.45, 2.75) is 5.60 Å². The topological polar surface area (TPSA) is 87.0 Å². The highest BCUT2D eigenvalue weighted by atomic mass is 16.5. The molecule has 1 aliphatic carbocycles. The molecule has 0 saturated carbocycles. The van der Waals surface area contributed by atoms with Crippen molar-refractivity contribution in [2.75, 3.05) is 7.11 Å². The van der Waals surface area contributed by atoms with Crippen molar-refractivity contribution in [1.82, 2.24) is 0 Å². The van der Waals surface area contributed by atoms with Crippen molar-refractivity contribution in [1.29, 1.82) is 0 Å². The van der Waals surface area contributed by atoms with Gasteiger partial charge in [-0.05, 0) is 18.2 Å². The Bertz CT molecular complexity index is 983. The van der Waals surface area contributed by atoms with E-state index in [2.05, 4.69) is 0 Å². The molecule has 4 rings (SSSR count). The van der Waals surface area contributed by atoms with Crippen LogP contribution in [0.5, 0.6) is 17.2 Å².